The Hall–Kier alpha value is -1.30. The molecule has 144 valence electrons. The fourth-order valence-corrected chi connectivity index (χ4v) is 4.08. The number of rotatable bonds is 5. The molecule has 0 bridgehead atoms. The molecule has 0 radical (unpaired) electrons. The average molecular weight is 400 g/mol. The van der Waals surface area contributed by atoms with E-state index in [-0.39, 0.29) is 42.6 Å². The molecule has 1 N–H and O–H groups in total. The second kappa shape index (κ2) is 9.58. The minimum atomic E-state index is -0.273. The Morgan fingerprint density at radius 1 is 1.31 bits per heavy atom. The van der Waals surface area contributed by atoms with E-state index in [0.29, 0.717) is 17.3 Å². The van der Waals surface area contributed by atoms with E-state index in [2.05, 4.69) is 12.2 Å². The molecule has 7 heteroatoms. The van der Waals surface area contributed by atoms with E-state index in [1.165, 1.54) is 0 Å². The standard InChI is InChI=1S/C19H26ClN3O2.ClH/c1-2-11-22(15-7-9-21-10-8-15)19(25)14-12-18(24)23(13-14)17-6-4-3-5-16(17)20;/h3-6,14-15,21H,2,7-13H2,1H3;1H. The first-order valence-electron chi connectivity index (χ1n) is 9.18. The molecule has 2 amide bonds. The van der Waals surface area contributed by atoms with Gasteiger partial charge in [-0.15, -0.1) is 12.4 Å². The van der Waals surface area contributed by atoms with Crippen molar-refractivity contribution in [1.82, 2.24) is 10.2 Å². The molecule has 2 aliphatic heterocycles. The number of anilines is 1. The number of benzene rings is 1. The Morgan fingerprint density at radius 2 is 2.00 bits per heavy atom. The molecule has 0 saturated carbocycles. The van der Waals surface area contributed by atoms with Gasteiger partial charge in [0, 0.05) is 25.6 Å². The van der Waals surface area contributed by atoms with Crippen LogP contribution >= 0.6 is 24.0 Å². The predicted octanol–water partition coefficient (Wildman–Crippen LogP) is 3.11. The summed E-state index contributed by atoms with van der Waals surface area (Å²) in [5.74, 6) is -0.171. The molecule has 26 heavy (non-hydrogen) atoms. The summed E-state index contributed by atoms with van der Waals surface area (Å²) in [4.78, 5) is 29.3. The van der Waals surface area contributed by atoms with E-state index in [1.807, 2.05) is 23.1 Å². The maximum atomic E-state index is 13.1. The van der Waals surface area contributed by atoms with Crippen molar-refractivity contribution in [3.05, 3.63) is 29.3 Å². The van der Waals surface area contributed by atoms with Gasteiger partial charge in [0.25, 0.3) is 0 Å². The summed E-state index contributed by atoms with van der Waals surface area (Å²) < 4.78 is 0. The second-order valence-corrected chi connectivity index (χ2v) is 7.28. The number of nitrogens with one attached hydrogen (secondary N) is 1. The first-order chi connectivity index (χ1) is 12.1. The summed E-state index contributed by atoms with van der Waals surface area (Å²) in [6, 6.07) is 7.61. The smallest absolute Gasteiger partial charge is 0.228 e. The van der Waals surface area contributed by atoms with Crippen molar-refractivity contribution in [2.24, 2.45) is 5.92 Å². The van der Waals surface area contributed by atoms with E-state index in [9.17, 15) is 9.59 Å². The summed E-state index contributed by atoms with van der Waals surface area (Å²) in [6.45, 7) is 5.19. The van der Waals surface area contributed by atoms with Gasteiger partial charge in [-0.25, -0.2) is 0 Å². The molecule has 1 unspecified atom stereocenters. The number of carbonyl (C=O) groups excluding carboxylic acids is 2. The van der Waals surface area contributed by atoms with Crippen molar-refractivity contribution in [1.29, 1.82) is 0 Å². The third kappa shape index (κ3) is 4.51. The number of para-hydroxylation sites is 1. The number of amides is 2. The van der Waals surface area contributed by atoms with Gasteiger partial charge in [0.1, 0.15) is 0 Å². The summed E-state index contributed by atoms with van der Waals surface area (Å²) in [7, 11) is 0. The van der Waals surface area contributed by atoms with E-state index in [0.717, 1.165) is 38.9 Å². The molecule has 1 aromatic carbocycles. The van der Waals surface area contributed by atoms with Gasteiger partial charge in [0.05, 0.1) is 16.6 Å². The van der Waals surface area contributed by atoms with Crippen LogP contribution in [0.3, 0.4) is 0 Å². The highest BCUT2D eigenvalue weighted by Gasteiger charge is 2.39. The highest BCUT2D eigenvalue weighted by Crippen LogP contribution is 2.32. The molecule has 5 nitrogen and oxygen atoms in total. The Morgan fingerprint density at radius 3 is 2.65 bits per heavy atom. The summed E-state index contributed by atoms with van der Waals surface area (Å²) in [5, 5.41) is 3.90. The highest BCUT2D eigenvalue weighted by atomic mass is 35.5. The Bertz CT molecular complexity index is 635. The van der Waals surface area contributed by atoms with Crippen LogP contribution < -0.4 is 10.2 Å². The van der Waals surface area contributed by atoms with E-state index < -0.39 is 0 Å². The molecule has 0 spiro atoms. The Kier molecular flexibility index (Phi) is 7.74. The molecule has 1 atom stereocenters. The topological polar surface area (TPSA) is 52.7 Å². The zero-order valence-corrected chi connectivity index (χ0v) is 16.7. The molecule has 3 rings (SSSR count). The molecule has 1 aromatic rings. The van der Waals surface area contributed by atoms with Crippen LogP contribution in [0, 0.1) is 5.92 Å². The summed E-state index contributed by atoms with van der Waals surface area (Å²) >= 11 is 6.23. The maximum absolute atomic E-state index is 13.1. The zero-order chi connectivity index (χ0) is 17.8. The van der Waals surface area contributed by atoms with Crippen LogP contribution in [0.15, 0.2) is 24.3 Å². The summed E-state index contributed by atoms with van der Waals surface area (Å²) in [6.07, 6.45) is 3.18. The number of piperidine rings is 1. The lowest BCUT2D eigenvalue weighted by Crippen LogP contribution is -2.48. The van der Waals surface area contributed by atoms with Crippen LogP contribution in [0.2, 0.25) is 5.02 Å². The molecule has 2 saturated heterocycles. The van der Waals surface area contributed by atoms with E-state index in [1.54, 1.807) is 11.0 Å². The van der Waals surface area contributed by atoms with Crippen LogP contribution in [0.1, 0.15) is 32.6 Å². The number of nitrogens with zero attached hydrogens (tertiary/aromatic N) is 2. The van der Waals surface area contributed by atoms with Gasteiger partial charge in [-0.05, 0) is 44.5 Å². The van der Waals surface area contributed by atoms with Crippen molar-refractivity contribution in [2.45, 2.75) is 38.6 Å². The molecule has 2 fully saturated rings. The van der Waals surface area contributed by atoms with Gasteiger partial charge >= 0.3 is 0 Å². The lowest BCUT2D eigenvalue weighted by Gasteiger charge is -2.36. The highest BCUT2D eigenvalue weighted by molar-refractivity contribution is 6.33. The lowest BCUT2D eigenvalue weighted by atomic mass is 10.0. The SMILES string of the molecule is CCCN(C(=O)C1CC(=O)N(c2ccccc2Cl)C1)C1CCNCC1.Cl. The molecule has 2 aliphatic rings. The first-order valence-corrected chi connectivity index (χ1v) is 9.55. The lowest BCUT2D eigenvalue weighted by molar-refractivity contribution is -0.138. The van der Waals surface area contributed by atoms with E-state index >= 15 is 0 Å². The first kappa shape index (κ1) is 21.0. The largest absolute Gasteiger partial charge is 0.339 e. The number of hydrogen-bond acceptors (Lipinski definition) is 3. The Labute approximate surface area is 166 Å². The number of halogens is 2. The quantitative estimate of drug-likeness (QED) is 0.827. The Balaban J connectivity index is 0.00000243. The van der Waals surface area contributed by atoms with Gasteiger partial charge in [-0.1, -0.05) is 30.7 Å². The van der Waals surface area contributed by atoms with Crippen LogP contribution in [0.25, 0.3) is 0 Å². The van der Waals surface area contributed by atoms with E-state index in [4.69, 9.17) is 11.6 Å². The van der Waals surface area contributed by atoms with Crippen LogP contribution in [-0.2, 0) is 9.59 Å². The van der Waals surface area contributed by atoms with Crippen molar-refractivity contribution < 1.29 is 9.59 Å². The molecule has 0 aromatic heterocycles. The van der Waals surface area contributed by atoms with Gasteiger partial charge in [0.2, 0.25) is 11.8 Å². The monoisotopic (exact) mass is 399 g/mol. The van der Waals surface area contributed by atoms with Gasteiger partial charge in [-0.3, -0.25) is 9.59 Å². The molecule has 2 heterocycles. The van der Waals surface area contributed by atoms with Gasteiger partial charge in [0.15, 0.2) is 0 Å². The zero-order valence-electron chi connectivity index (χ0n) is 15.1. The minimum Gasteiger partial charge on any atom is -0.339 e. The fourth-order valence-electron chi connectivity index (χ4n) is 3.84. The van der Waals surface area contributed by atoms with Crippen molar-refractivity contribution >= 4 is 41.5 Å². The number of hydrogen-bond donors (Lipinski definition) is 1. The maximum Gasteiger partial charge on any atom is 0.228 e. The van der Waals surface area contributed by atoms with Crippen molar-refractivity contribution in [2.75, 3.05) is 31.1 Å². The normalized spacial score (nSPS) is 20.8. The van der Waals surface area contributed by atoms with Crippen LogP contribution in [0.4, 0.5) is 5.69 Å². The molecular weight excluding hydrogens is 373 g/mol. The average Bonchev–Trinajstić information content (AvgIpc) is 3.02. The van der Waals surface area contributed by atoms with Crippen LogP contribution in [-0.4, -0.2) is 48.9 Å². The molecule has 0 aliphatic carbocycles. The minimum absolute atomic E-state index is 0. The molecular formula is C19H27Cl2N3O2. The third-order valence-corrected chi connectivity index (χ3v) is 5.43. The summed E-state index contributed by atoms with van der Waals surface area (Å²) in [5.41, 5.74) is 0.702. The van der Waals surface area contributed by atoms with Crippen molar-refractivity contribution in [3.63, 3.8) is 0 Å². The van der Waals surface area contributed by atoms with Crippen molar-refractivity contribution in [3.8, 4) is 0 Å². The van der Waals surface area contributed by atoms with Gasteiger partial charge < -0.3 is 15.1 Å². The fraction of sp³-hybridized carbons (Fsp3) is 0.579. The third-order valence-electron chi connectivity index (χ3n) is 5.11. The van der Waals surface area contributed by atoms with Gasteiger partial charge in [-0.2, -0.15) is 0 Å². The second-order valence-electron chi connectivity index (χ2n) is 6.87. The number of carbonyl (C=O) groups is 2. The van der Waals surface area contributed by atoms with Crippen LogP contribution in [0.5, 0.6) is 0 Å². The predicted molar refractivity (Wildman–Crippen MR) is 107 cm³/mol.